The number of nitrogens with one attached hydrogen (secondary N) is 1. The SMILES string of the molecule is CSc1ccc(Cl)c(C(=O)NC(C)CC(=O)O)c1. The summed E-state index contributed by atoms with van der Waals surface area (Å²) >= 11 is 7.46. The lowest BCUT2D eigenvalue weighted by molar-refractivity contribution is -0.137. The van der Waals surface area contributed by atoms with Crippen LogP contribution in [0.1, 0.15) is 23.7 Å². The molecule has 0 saturated heterocycles. The number of halogens is 1. The van der Waals surface area contributed by atoms with Gasteiger partial charge < -0.3 is 10.4 Å². The van der Waals surface area contributed by atoms with E-state index in [0.29, 0.717) is 10.6 Å². The predicted octanol–water partition coefficient (Wildman–Crippen LogP) is 2.65. The van der Waals surface area contributed by atoms with Crippen molar-refractivity contribution in [3.8, 4) is 0 Å². The monoisotopic (exact) mass is 287 g/mol. The first-order chi connectivity index (χ1) is 8.43. The van der Waals surface area contributed by atoms with Crippen LogP contribution in [0.3, 0.4) is 0 Å². The molecule has 0 saturated carbocycles. The summed E-state index contributed by atoms with van der Waals surface area (Å²) in [5, 5.41) is 11.6. The molecular weight excluding hydrogens is 274 g/mol. The van der Waals surface area contributed by atoms with Gasteiger partial charge in [-0.3, -0.25) is 9.59 Å². The molecule has 4 nitrogen and oxygen atoms in total. The summed E-state index contributed by atoms with van der Waals surface area (Å²) in [5.74, 6) is -1.31. The van der Waals surface area contributed by atoms with Gasteiger partial charge in [-0.15, -0.1) is 11.8 Å². The third-order valence-electron chi connectivity index (χ3n) is 2.28. The number of rotatable bonds is 5. The number of carbonyl (C=O) groups is 2. The van der Waals surface area contributed by atoms with Crippen molar-refractivity contribution in [2.75, 3.05) is 6.26 Å². The number of aliphatic carboxylic acids is 1. The Bertz CT molecular complexity index is 465. The van der Waals surface area contributed by atoms with Crippen LogP contribution >= 0.6 is 23.4 Å². The van der Waals surface area contributed by atoms with Gasteiger partial charge in [-0.05, 0) is 31.4 Å². The maximum absolute atomic E-state index is 11.9. The molecule has 98 valence electrons. The second kappa shape index (κ2) is 6.66. The van der Waals surface area contributed by atoms with E-state index in [1.54, 1.807) is 19.1 Å². The Morgan fingerprint density at radius 1 is 1.50 bits per heavy atom. The van der Waals surface area contributed by atoms with E-state index in [1.807, 2.05) is 12.3 Å². The second-order valence-electron chi connectivity index (χ2n) is 3.82. The van der Waals surface area contributed by atoms with Gasteiger partial charge in [0.15, 0.2) is 0 Å². The number of hydrogen-bond acceptors (Lipinski definition) is 3. The van der Waals surface area contributed by atoms with E-state index in [1.165, 1.54) is 11.8 Å². The van der Waals surface area contributed by atoms with Crippen LogP contribution in [-0.4, -0.2) is 29.3 Å². The Labute approximate surface area is 115 Å². The zero-order valence-corrected chi connectivity index (χ0v) is 11.6. The summed E-state index contributed by atoms with van der Waals surface area (Å²) in [7, 11) is 0. The van der Waals surface area contributed by atoms with E-state index < -0.39 is 12.0 Å². The minimum absolute atomic E-state index is 0.119. The molecule has 0 aliphatic heterocycles. The number of carbonyl (C=O) groups excluding carboxylic acids is 1. The molecule has 0 fully saturated rings. The number of benzene rings is 1. The number of thioether (sulfide) groups is 1. The van der Waals surface area contributed by atoms with Crippen molar-refractivity contribution in [3.63, 3.8) is 0 Å². The van der Waals surface area contributed by atoms with Gasteiger partial charge in [0.05, 0.1) is 17.0 Å². The van der Waals surface area contributed by atoms with Crippen LogP contribution in [0.5, 0.6) is 0 Å². The highest BCUT2D eigenvalue weighted by atomic mass is 35.5. The van der Waals surface area contributed by atoms with Crippen molar-refractivity contribution in [1.29, 1.82) is 0 Å². The van der Waals surface area contributed by atoms with Crippen molar-refractivity contribution < 1.29 is 14.7 Å². The van der Waals surface area contributed by atoms with Crippen LogP contribution in [0.15, 0.2) is 23.1 Å². The van der Waals surface area contributed by atoms with E-state index in [0.717, 1.165) is 4.90 Å². The first-order valence-corrected chi connectivity index (χ1v) is 6.90. The summed E-state index contributed by atoms with van der Waals surface area (Å²) in [6.45, 7) is 1.64. The fourth-order valence-corrected chi connectivity index (χ4v) is 2.06. The van der Waals surface area contributed by atoms with Gasteiger partial charge >= 0.3 is 5.97 Å². The second-order valence-corrected chi connectivity index (χ2v) is 5.11. The van der Waals surface area contributed by atoms with Gasteiger partial charge in [0.25, 0.3) is 5.91 Å². The average molecular weight is 288 g/mol. The van der Waals surface area contributed by atoms with Crippen molar-refractivity contribution in [2.45, 2.75) is 24.3 Å². The number of carboxylic acid groups (broad SMARTS) is 1. The Hall–Kier alpha value is -1.20. The molecule has 0 aliphatic carbocycles. The predicted molar refractivity (Wildman–Crippen MR) is 72.4 cm³/mol. The maximum Gasteiger partial charge on any atom is 0.305 e. The van der Waals surface area contributed by atoms with Gasteiger partial charge in [-0.2, -0.15) is 0 Å². The summed E-state index contributed by atoms with van der Waals surface area (Å²) < 4.78 is 0. The highest BCUT2D eigenvalue weighted by Crippen LogP contribution is 2.23. The minimum atomic E-state index is -0.952. The third kappa shape index (κ3) is 4.23. The van der Waals surface area contributed by atoms with Crippen LogP contribution in [0.4, 0.5) is 0 Å². The minimum Gasteiger partial charge on any atom is -0.481 e. The molecule has 1 rings (SSSR count). The zero-order valence-electron chi connectivity index (χ0n) is 10.1. The van der Waals surface area contributed by atoms with E-state index in [2.05, 4.69) is 5.32 Å². The van der Waals surface area contributed by atoms with E-state index >= 15 is 0 Å². The molecule has 0 aliphatic rings. The molecule has 0 bridgehead atoms. The zero-order chi connectivity index (χ0) is 13.7. The van der Waals surface area contributed by atoms with E-state index in [-0.39, 0.29) is 12.3 Å². The summed E-state index contributed by atoms with van der Waals surface area (Å²) in [5.41, 5.74) is 0.362. The van der Waals surface area contributed by atoms with Crippen LogP contribution in [0.25, 0.3) is 0 Å². The normalized spacial score (nSPS) is 11.9. The molecule has 18 heavy (non-hydrogen) atoms. The van der Waals surface area contributed by atoms with Gasteiger partial charge in [-0.1, -0.05) is 11.6 Å². The quantitative estimate of drug-likeness (QED) is 0.817. The van der Waals surface area contributed by atoms with E-state index in [4.69, 9.17) is 16.7 Å². The Balaban J connectivity index is 2.80. The Kier molecular flexibility index (Phi) is 5.50. The van der Waals surface area contributed by atoms with E-state index in [9.17, 15) is 9.59 Å². The van der Waals surface area contributed by atoms with Crippen molar-refractivity contribution in [2.24, 2.45) is 0 Å². The first kappa shape index (κ1) is 14.9. The standard InChI is InChI=1S/C12H14ClNO3S/c1-7(5-11(15)16)14-12(17)9-6-8(18-2)3-4-10(9)13/h3-4,6-7H,5H2,1-2H3,(H,14,17)(H,15,16). The highest BCUT2D eigenvalue weighted by Gasteiger charge is 2.15. The maximum atomic E-state index is 11.9. The molecule has 2 N–H and O–H groups in total. The molecule has 6 heteroatoms. The fourth-order valence-electron chi connectivity index (χ4n) is 1.42. The van der Waals surface area contributed by atoms with Crippen molar-refractivity contribution >= 4 is 35.2 Å². The fraction of sp³-hybridized carbons (Fsp3) is 0.333. The van der Waals surface area contributed by atoms with Crippen molar-refractivity contribution in [3.05, 3.63) is 28.8 Å². The smallest absolute Gasteiger partial charge is 0.305 e. The summed E-state index contributed by atoms with van der Waals surface area (Å²) in [6.07, 6.45) is 1.78. The summed E-state index contributed by atoms with van der Waals surface area (Å²) in [4.78, 5) is 23.4. The number of amides is 1. The lowest BCUT2D eigenvalue weighted by atomic mass is 10.1. The van der Waals surface area contributed by atoms with Gasteiger partial charge in [0.1, 0.15) is 0 Å². The molecule has 0 spiro atoms. The largest absolute Gasteiger partial charge is 0.481 e. The molecule has 0 aromatic heterocycles. The highest BCUT2D eigenvalue weighted by molar-refractivity contribution is 7.98. The molecule has 0 radical (unpaired) electrons. The van der Waals surface area contributed by atoms with Gasteiger partial charge in [0.2, 0.25) is 0 Å². The first-order valence-electron chi connectivity index (χ1n) is 5.30. The molecular formula is C12H14ClNO3S. The van der Waals surface area contributed by atoms with Crippen LogP contribution in [-0.2, 0) is 4.79 Å². The molecule has 1 unspecified atom stereocenters. The topological polar surface area (TPSA) is 66.4 Å². The number of hydrogen-bond donors (Lipinski definition) is 2. The van der Waals surface area contributed by atoms with Crippen LogP contribution in [0, 0.1) is 0 Å². The summed E-state index contributed by atoms with van der Waals surface area (Å²) in [6, 6.07) is 4.73. The van der Waals surface area contributed by atoms with Gasteiger partial charge in [-0.25, -0.2) is 0 Å². The molecule has 0 heterocycles. The Morgan fingerprint density at radius 2 is 2.17 bits per heavy atom. The lowest BCUT2D eigenvalue weighted by Crippen LogP contribution is -2.34. The Morgan fingerprint density at radius 3 is 2.72 bits per heavy atom. The average Bonchev–Trinajstić information content (AvgIpc) is 2.28. The van der Waals surface area contributed by atoms with Crippen LogP contribution in [0.2, 0.25) is 5.02 Å². The van der Waals surface area contributed by atoms with Crippen molar-refractivity contribution in [1.82, 2.24) is 5.32 Å². The molecule has 1 aromatic rings. The van der Waals surface area contributed by atoms with Crippen LogP contribution < -0.4 is 5.32 Å². The number of carboxylic acids is 1. The third-order valence-corrected chi connectivity index (χ3v) is 3.33. The molecule has 1 amide bonds. The molecule has 1 atom stereocenters. The van der Waals surface area contributed by atoms with Gasteiger partial charge in [0, 0.05) is 10.9 Å². The molecule has 1 aromatic carbocycles. The lowest BCUT2D eigenvalue weighted by Gasteiger charge is -2.12.